The van der Waals surface area contributed by atoms with Crippen LogP contribution < -0.4 is 10.6 Å². The van der Waals surface area contributed by atoms with E-state index < -0.39 is 0 Å². The van der Waals surface area contributed by atoms with E-state index >= 15 is 0 Å². The van der Waals surface area contributed by atoms with Gasteiger partial charge in [-0.25, -0.2) is 4.98 Å². The molecule has 1 aliphatic heterocycles. The highest BCUT2D eigenvalue weighted by atomic mass is 16.2. The predicted molar refractivity (Wildman–Crippen MR) is 138 cm³/mol. The molecule has 174 valence electrons. The monoisotopic (exact) mass is 462 g/mol. The molecule has 1 saturated heterocycles. The van der Waals surface area contributed by atoms with Gasteiger partial charge in [0.2, 0.25) is 5.91 Å². The summed E-state index contributed by atoms with van der Waals surface area (Å²) in [4.78, 5) is 20.3. The SMILES string of the molecule is O=C(Nc1ccc(-c2cnc3[nH]cc(-c4cnn(Cc5ccccc5)c4)c3c2)cc1)[C@@H]1CCCN1. The first kappa shape index (κ1) is 21.3. The summed E-state index contributed by atoms with van der Waals surface area (Å²) in [5.74, 6) is 0.0307. The minimum atomic E-state index is -0.0923. The first-order valence-corrected chi connectivity index (χ1v) is 11.9. The predicted octanol–water partition coefficient (Wildman–Crippen LogP) is 4.83. The Morgan fingerprint density at radius 2 is 1.89 bits per heavy atom. The molecule has 5 aromatic rings. The summed E-state index contributed by atoms with van der Waals surface area (Å²) in [7, 11) is 0. The van der Waals surface area contributed by atoms with E-state index in [1.807, 2.05) is 65.7 Å². The number of hydrogen-bond acceptors (Lipinski definition) is 4. The topological polar surface area (TPSA) is 87.6 Å². The van der Waals surface area contributed by atoms with Crippen LogP contribution in [0.3, 0.4) is 0 Å². The van der Waals surface area contributed by atoms with Crippen molar-refractivity contribution < 1.29 is 4.79 Å². The van der Waals surface area contributed by atoms with Crippen LogP contribution in [0, 0.1) is 0 Å². The number of carbonyl (C=O) groups is 1. The van der Waals surface area contributed by atoms with Gasteiger partial charge in [0.05, 0.1) is 18.8 Å². The fourth-order valence-electron chi connectivity index (χ4n) is 4.64. The van der Waals surface area contributed by atoms with Gasteiger partial charge in [0.15, 0.2) is 0 Å². The Labute approximate surface area is 203 Å². The molecule has 0 aliphatic carbocycles. The molecule has 2 aromatic carbocycles. The number of anilines is 1. The van der Waals surface area contributed by atoms with Crippen molar-refractivity contribution in [2.75, 3.05) is 11.9 Å². The van der Waals surface area contributed by atoms with Crippen LogP contribution in [0.1, 0.15) is 18.4 Å². The van der Waals surface area contributed by atoms with Crippen LogP contribution >= 0.6 is 0 Å². The standard InChI is InChI=1S/C28H26N6O/c35-28(26-7-4-12-29-26)33-23-10-8-20(9-11-23)21-13-24-25(16-31-27(24)30-14-21)22-15-32-34(18-22)17-19-5-2-1-3-6-19/h1-3,5-6,8-11,13-16,18,26,29H,4,7,12,17H2,(H,30,31)(H,33,35)/t26-/m0/s1. The maximum absolute atomic E-state index is 12.4. The van der Waals surface area contributed by atoms with Gasteiger partial charge in [-0.15, -0.1) is 0 Å². The molecule has 1 fully saturated rings. The van der Waals surface area contributed by atoms with Gasteiger partial charge in [-0.2, -0.15) is 5.10 Å². The van der Waals surface area contributed by atoms with Gasteiger partial charge in [-0.3, -0.25) is 9.48 Å². The van der Waals surface area contributed by atoms with Crippen LogP contribution in [0.15, 0.2) is 85.5 Å². The highest BCUT2D eigenvalue weighted by molar-refractivity contribution is 5.96. The Morgan fingerprint density at radius 3 is 2.69 bits per heavy atom. The lowest BCUT2D eigenvalue weighted by Gasteiger charge is -2.11. The molecule has 0 spiro atoms. The summed E-state index contributed by atoms with van der Waals surface area (Å²) in [5.41, 5.74) is 7.03. The van der Waals surface area contributed by atoms with Gasteiger partial charge in [-0.05, 0) is 48.7 Å². The average molecular weight is 463 g/mol. The molecule has 3 aromatic heterocycles. The van der Waals surface area contributed by atoms with Crippen molar-refractivity contribution in [3.8, 4) is 22.3 Å². The smallest absolute Gasteiger partial charge is 0.241 e. The zero-order valence-electron chi connectivity index (χ0n) is 19.2. The molecule has 0 bridgehead atoms. The number of hydrogen-bond donors (Lipinski definition) is 3. The van der Waals surface area contributed by atoms with E-state index in [1.54, 1.807) is 0 Å². The maximum Gasteiger partial charge on any atom is 0.241 e. The summed E-state index contributed by atoms with van der Waals surface area (Å²) in [6, 6.07) is 20.3. The summed E-state index contributed by atoms with van der Waals surface area (Å²) in [6.45, 7) is 1.63. The number of aromatic nitrogens is 4. The van der Waals surface area contributed by atoms with Crippen LogP contribution in [0.25, 0.3) is 33.3 Å². The molecule has 6 rings (SSSR count). The number of fused-ring (bicyclic) bond motifs is 1. The van der Waals surface area contributed by atoms with Gasteiger partial charge in [0.1, 0.15) is 5.65 Å². The highest BCUT2D eigenvalue weighted by Gasteiger charge is 2.21. The van der Waals surface area contributed by atoms with E-state index in [0.29, 0.717) is 0 Å². The lowest BCUT2D eigenvalue weighted by molar-refractivity contribution is -0.117. The number of aromatic amines is 1. The number of nitrogens with zero attached hydrogens (tertiary/aromatic N) is 3. The van der Waals surface area contributed by atoms with E-state index in [4.69, 9.17) is 0 Å². The summed E-state index contributed by atoms with van der Waals surface area (Å²) >= 11 is 0. The maximum atomic E-state index is 12.4. The molecule has 1 amide bonds. The van der Waals surface area contributed by atoms with Gasteiger partial charge in [-0.1, -0.05) is 42.5 Å². The van der Waals surface area contributed by atoms with Crippen LogP contribution in [-0.2, 0) is 11.3 Å². The van der Waals surface area contributed by atoms with Gasteiger partial charge >= 0.3 is 0 Å². The Bertz CT molecular complexity index is 1460. The molecule has 4 heterocycles. The van der Waals surface area contributed by atoms with Crippen molar-refractivity contribution in [3.05, 3.63) is 91.0 Å². The van der Waals surface area contributed by atoms with E-state index in [9.17, 15) is 4.79 Å². The zero-order valence-corrected chi connectivity index (χ0v) is 19.2. The molecule has 0 unspecified atom stereocenters. The van der Waals surface area contributed by atoms with E-state index in [1.165, 1.54) is 5.56 Å². The summed E-state index contributed by atoms with van der Waals surface area (Å²) in [6.07, 6.45) is 9.76. The molecule has 1 atom stereocenters. The van der Waals surface area contributed by atoms with Gasteiger partial charge in [0.25, 0.3) is 0 Å². The van der Waals surface area contributed by atoms with Gasteiger partial charge < -0.3 is 15.6 Å². The second-order valence-electron chi connectivity index (χ2n) is 8.95. The number of pyridine rings is 1. The molecule has 3 N–H and O–H groups in total. The average Bonchev–Trinajstić information content (AvgIpc) is 3.66. The Morgan fingerprint density at radius 1 is 1.03 bits per heavy atom. The van der Waals surface area contributed by atoms with Crippen molar-refractivity contribution >= 4 is 22.6 Å². The Balaban J connectivity index is 1.23. The second kappa shape index (κ2) is 9.19. The normalized spacial score (nSPS) is 15.5. The highest BCUT2D eigenvalue weighted by Crippen LogP contribution is 2.31. The van der Waals surface area contributed by atoms with Crippen molar-refractivity contribution in [1.29, 1.82) is 0 Å². The van der Waals surface area contributed by atoms with Crippen LogP contribution in [0.2, 0.25) is 0 Å². The van der Waals surface area contributed by atoms with E-state index in [-0.39, 0.29) is 11.9 Å². The number of amides is 1. The lowest BCUT2D eigenvalue weighted by atomic mass is 10.0. The molecular formula is C28H26N6O. The van der Waals surface area contributed by atoms with Crippen molar-refractivity contribution in [1.82, 2.24) is 25.1 Å². The number of H-pyrrole nitrogens is 1. The first-order valence-electron chi connectivity index (χ1n) is 11.9. The third-order valence-corrected chi connectivity index (χ3v) is 6.53. The quantitative estimate of drug-likeness (QED) is 0.337. The number of benzene rings is 2. The molecular weight excluding hydrogens is 436 g/mol. The fourth-order valence-corrected chi connectivity index (χ4v) is 4.64. The lowest BCUT2D eigenvalue weighted by Crippen LogP contribution is -2.35. The third kappa shape index (κ3) is 4.46. The van der Waals surface area contributed by atoms with Crippen molar-refractivity contribution in [3.63, 3.8) is 0 Å². The number of nitrogens with one attached hydrogen (secondary N) is 3. The zero-order chi connectivity index (χ0) is 23.6. The summed E-state index contributed by atoms with van der Waals surface area (Å²) < 4.78 is 1.95. The molecule has 7 nitrogen and oxygen atoms in total. The molecule has 0 saturated carbocycles. The molecule has 7 heteroatoms. The molecule has 1 aliphatic rings. The number of carbonyl (C=O) groups excluding carboxylic acids is 1. The van der Waals surface area contributed by atoms with Crippen LogP contribution in [-0.4, -0.2) is 38.2 Å². The summed E-state index contributed by atoms with van der Waals surface area (Å²) in [5, 5.41) is 11.8. The second-order valence-corrected chi connectivity index (χ2v) is 8.95. The third-order valence-electron chi connectivity index (χ3n) is 6.53. The van der Waals surface area contributed by atoms with Crippen molar-refractivity contribution in [2.45, 2.75) is 25.4 Å². The van der Waals surface area contributed by atoms with Crippen molar-refractivity contribution in [2.24, 2.45) is 0 Å². The largest absolute Gasteiger partial charge is 0.346 e. The van der Waals surface area contributed by atoms with E-state index in [2.05, 4.69) is 50.1 Å². The minimum Gasteiger partial charge on any atom is -0.346 e. The molecule has 35 heavy (non-hydrogen) atoms. The Kier molecular flexibility index (Phi) is 5.60. The first-order chi connectivity index (χ1) is 17.2. The minimum absolute atomic E-state index is 0.0307. The number of rotatable bonds is 6. The van der Waals surface area contributed by atoms with E-state index in [0.717, 1.165) is 64.9 Å². The fraction of sp³-hybridized carbons (Fsp3) is 0.179. The van der Waals surface area contributed by atoms with Crippen LogP contribution in [0.4, 0.5) is 5.69 Å². The Hall–Kier alpha value is -4.23. The van der Waals surface area contributed by atoms with Gasteiger partial charge in [0, 0.05) is 46.4 Å². The molecule has 0 radical (unpaired) electrons. The van der Waals surface area contributed by atoms with Crippen LogP contribution in [0.5, 0.6) is 0 Å².